The molecule has 130 valence electrons. The third-order valence-electron chi connectivity index (χ3n) is 4.32. The molecule has 0 aromatic carbocycles. The predicted octanol–water partition coefficient (Wildman–Crippen LogP) is 1.09. The second kappa shape index (κ2) is 7.59. The van der Waals surface area contributed by atoms with Crippen LogP contribution in [0.15, 0.2) is 24.8 Å². The molecule has 2 aromatic rings. The molecule has 0 saturated carbocycles. The van der Waals surface area contributed by atoms with E-state index >= 15 is 0 Å². The van der Waals surface area contributed by atoms with Crippen LogP contribution < -0.4 is 10.1 Å². The van der Waals surface area contributed by atoms with Crippen LogP contribution in [0.3, 0.4) is 0 Å². The van der Waals surface area contributed by atoms with Gasteiger partial charge in [-0.2, -0.15) is 4.98 Å². The van der Waals surface area contributed by atoms with Gasteiger partial charge in [0.1, 0.15) is 0 Å². The van der Waals surface area contributed by atoms with E-state index in [9.17, 15) is 0 Å². The molecule has 0 radical (unpaired) electrons. The minimum absolute atomic E-state index is 0.0103. The van der Waals surface area contributed by atoms with E-state index in [4.69, 9.17) is 9.47 Å². The molecular weight excluding hydrogens is 308 g/mol. The Kier molecular flexibility index (Phi) is 5.27. The first-order valence-corrected chi connectivity index (χ1v) is 8.15. The number of aryl methyl sites for hydroxylation is 1. The monoisotopic (exact) mass is 332 g/mol. The van der Waals surface area contributed by atoms with E-state index in [0.717, 1.165) is 18.8 Å². The van der Waals surface area contributed by atoms with Crippen molar-refractivity contribution in [2.45, 2.75) is 19.1 Å². The van der Waals surface area contributed by atoms with Gasteiger partial charge in [-0.05, 0) is 6.54 Å². The first-order valence-electron chi connectivity index (χ1n) is 8.15. The Morgan fingerprint density at radius 1 is 1.46 bits per heavy atom. The molecule has 0 spiro atoms. The second-order valence-electron chi connectivity index (χ2n) is 5.72. The van der Waals surface area contributed by atoms with Crippen molar-refractivity contribution in [3.8, 4) is 5.88 Å². The molecule has 0 aliphatic carbocycles. The molecule has 0 amide bonds. The van der Waals surface area contributed by atoms with Crippen LogP contribution in [0.5, 0.6) is 5.88 Å². The van der Waals surface area contributed by atoms with Crippen LogP contribution in [0.25, 0.3) is 0 Å². The highest BCUT2D eigenvalue weighted by Gasteiger charge is 2.34. The maximum absolute atomic E-state index is 6.05. The lowest BCUT2D eigenvalue weighted by Crippen LogP contribution is -2.48. The molecule has 2 atom stereocenters. The zero-order chi connectivity index (χ0) is 16.9. The van der Waals surface area contributed by atoms with Crippen LogP contribution in [0.2, 0.25) is 0 Å². The fourth-order valence-corrected chi connectivity index (χ4v) is 3.07. The van der Waals surface area contributed by atoms with Crippen LogP contribution in [-0.2, 0) is 11.8 Å². The highest BCUT2D eigenvalue weighted by Crippen LogP contribution is 2.29. The molecule has 3 heterocycles. The zero-order valence-corrected chi connectivity index (χ0v) is 14.3. The highest BCUT2D eigenvalue weighted by molar-refractivity contribution is 5.28. The van der Waals surface area contributed by atoms with Gasteiger partial charge in [0.25, 0.3) is 0 Å². The van der Waals surface area contributed by atoms with Crippen molar-refractivity contribution >= 4 is 5.95 Å². The summed E-state index contributed by atoms with van der Waals surface area (Å²) in [6.07, 6.45) is 5.40. The number of nitrogens with zero attached hydrogens (tertiary/aromatic N) is 5. The van der Waals surface area contributed by atoms with Crippen LogP contribution in [-0.4, -0.2) is 63.9 Å². The quantitative estimate of drug-likeness (QED) is 0.848. The fraction of sp³-hybridized carbons (Fsp3) is 0.562. The number of imidazole rings is 1. The van der Waals surface area contributed by atoms with Gasteiger partial charge in [0.2, 0.25) is 11.8 Å². The largest absolute Gasteiger partial charge is 0.481 e. The maximum atomic E-state index is 6.05. The van der Waals surface area contributed by atoms with E-state index in [0.29, 0.717) is 25.0 Å². The molecule has 24 heavy (non-hydrogen) atoms. The lowest BCUT2D eigenvalue weighted by molar-refractivity contribution is -0.0661. The average molecular weight is 332 g/mol. The summed E-state index contributed by atoms with van der Waals surface area (Å²) in [5, 5.41) is 3.26. The molecule has 0 bridgehead atoms. The van der Waals surface area contributed by atoms with Gasteiger partial charge in [-0.15, -0.1) is 0 Å². The molecule has 1 saturated heterocycles. The summed E-state index contributed by atoms with van der Waals surface area (Å²) in [7, 11) is 3.61. The summed E-state index contributed by atoms with van der Waals surface area (Å²) in [5.74, 6) is 1.07. The van der Waals surface area contributed by atoms with Crippen LogP contribution in [0, 0.1) is 0 Å². The number of hydrogen-bond donors (Lipinski definition) is 1. The van der Waals surface area contributed by atoms with Crippen molar-refractivity contribution in [1.29, 1.82) is 0 Å². The molecule has 1 aliphatic rings. The SMILES string of the molecule is CCN1CCO[C@@H](CNc2nccc(OC)n2)[C@@H]1c1cncn1C. The number of hydrogen-bond acceptors (Lipinski definition) is 7. The maximum Gasteiger partial charge on any atom is 0.226 e. The Morgan fingerprint density at radius 3 is 3.04 bits per heavy atom. The number of anilines is 1. The van der Waals surface area contributed by atoms with Crippen molar-refractivity contribution in [2.75, 3.05) is 38.7 Å². The number of likely N-dealkylation sites (N-methyl/N-ethyl adjacent to an activating group) is 1. The molecule has 8 heteroatoms. The third-order valence-corrected chi connectivity index (χ3v) is 4.32. The van der Waals surface area contributed by atoms with Crippen molar-refractivity contribution in [2.24, 2.45) is 7.05 Å². The van der Waals surface area contributed by atoms with E-state index in [1.54, 1.807) is 19.4 Å². The summed E-state index contributed by atoms with van der Waals surface area (Å²) in [4.78, 5) is 15.2. The van der Waals surface area contributed by atoms with Crippen LogP contribution >= 0.6 is 0 Å². The Balaban J connectivity index is 1.75. The van der Waals surface area contributed by atoms with Gasteiger partial charge >= 0.3 is 0 Å². The molecule has 8 nitrogen and oxygen atoms in total. The predicted molar refractivity (Wildman–Crippen MR) is 90.0 cm³/mol. The Hall–Kier alpha value is -2.19. The molecular formula is C16H24N6O2. The minimum Gasteiger partial charge on any atom is -0.481 e. The molecule has 1 N–H and O–H groups in total. The lowest BCUT2D eigenvalue weighted by Gasteiger charge is -2.40. The van der Waals surface area contributed by atoms with Gasteiger partial charge in [-0.25, -0.2) is 9.97 Å². The number of morpholine rings is 1. The normalized spacial score (nSPS) is 21.6. The van der Waals surface area contributed by atoms with E-state index in [1.165, 1.54) is 0 Å². The lowest BCUT2D eigenvalue weighted by atomic mass is 10.0. The van der Waals surface area contributed by atoms with E-state index in [1.807, 2.05) is 19.6 Å². The summed E-state index contributed by atoms with van der Waals surface area (Å²) in [6, 6.07) is 1.87. The molecule has 2 aromatic heterocycles. The smallest absolute Gasteiger partial charge is 0.226 e. The van der Waals surface area contributed by atoms with Gasteiger partial charge < -0.3 is 19.4 Å². The Bertz CT molecular complexity index is 662. The van der Waals surface area contributed by atoms with Gasteiger partial charge in [0, 0.05) is 38.6 Å². The van der Waals surface area contributed by atoms with Crippen molar-refractivity contribution in [3.05, 3.63) is 30.5 Å². The number of rotatable bonds is 6. The second-order valence-corrected chi connectivity index (χ2v) is 5.72. The standard InChI is InChI=1S/C16H24N6O2/c1-4-22-7-8-24-13(15(22)12-9-17-11-21(12)2)10-19-16-18-6-5-14(20-16)23-3/h5-6,9,11,13,15H,4,7-8,10H2,1-3H3,(H,18,19,20)/t13-,15-/m0/s1. The third kappa shape index (κ3) is 3.49. The zero-order valence-electron chi connectivity index (χ0n) is 14.3. The highest BCUT2D eigenvalue weighted by atomic mass is 16.5. The van der Waals surface area contributed by atoms with E-state index in [2.05, 4.69) is 36.7 Å². The van der Waals surface area contributed by atoms with Gasteiger partial charge in [0.05, 0.1) is 37.9 Å². The Labute approximate surface area is 141 Å². The van der Waals surface area contributed by atoms with Crippen LogP contribution in [0.4, 0.5) is 5.95 Å². The van der Waals surface area contributed by atoms with Gasteiger partial charge in [-0.3, -0.25) is 4.90 Å². The van der Waals surface area contributed by atoms with Crippen molar-refractivity contribution in [3.63, 3.8) is 0 Å². The first kappa shape index (κ1) is 16.7. The summed E-state index contributed by atoms with van der Waals surface area (Å²) < 4.78 is 13.2. The molecule has 1 aliphatic heterocycles. The van der Waals surface area contributed by atoms with Crippen molar-refractivity contribution < 1.29 is 9.47 Å². The van der Waals surface area contributed by atoms with Crippen LogP contribution in [0.1, 0.15) is 18.7 Å². The van der Waals surface area contributed by atoms with Crippen molar-refractivity contribution in [1.82, 2.24) is 24.4 Å². The molecule has 3 rings (SSSR count). The molecule has 1 fully saturated rings. The Morgan fingerprint density at radius 2 is 2.33 bits per heavy atom. The summed E-state index contributed by atoms with van der Waals surface area (Å²) in [6.45, 7) is 5.38. The van der Waals surface area contributed by atoms with Gasteiger partial charge in [0.15, 0.2) is 0 Å². The number of nitrogens with one attached hydrogen (secondary N) is 1. The summed E-state index contributed by atoms with van der Waals surface area (Å²) in [5.41, 5.74) is 1.15. The van der Waals surface area contributed by atoms with Gasteiger partial charge in [-0.1, -0.05) is 6.92 Å². The molecule has 0 unspecified atom stereocenters. The summed E-state index contributed by atoms with van der Waals surface area (Å²) >= 11 is 0. The number of methoxy groups -OCH3 is 1. The van der Waals surface area contributed by atoms with E-state index < -0.39 is 0 Å². The first-order chi connectivity index (χ1) is 11.7. The fourth-order valence-electron chi connectivity index (χ4n) is 3.07. The van der Waals surface area contributed by atoms with E-state index in [-0.39, 0.29) is 12.1 Å². The number of ether oxygens (including phenoxy) is 2. The number of aromatic nitrogens is 4. The average Bonchev–Trinajstić information content (AvgIpc) is 3.05. The topological polar surface area (TPSA) is 77.3 Å². The minimum atomic E-state index is -0.0103.